The quantitative estimate of drug-likeness (QED) is 0.909. The van der Waals surface area contributed by atoms with Gasteiger partial charge in [0.2, 0.25) is 5.91 Å². The number of aryl methyl sites for hydroxylation is 1. The fourth-order valence-corrected chi connectivity index (χ4v) is 2.24. The number of nitrogens with zero attached hydrogens (tertiary/aromatic N) is 2. The maximum atomic E-state index is 12.3. The number of para-hydroxylation sites is 1. The van der Waals surface area contributed by atoms with Crippen LogP contribution >= 0.6 is 0 Å². The fourth-order valence-electron chi connectivity index (χ4n) is 2.24. The molecule has 0 unspecified atom stereocenters. The molecule has 0 spiro atoms. The Morgan fingerprint density at radius 1 is 1.45 bits per heavy atom. The van der Waals surface area contributed by atoms with Gasteiger partial charge in [-0.15, -0.1) is 0 Å². The van der Waals surface area contributed by atoms with Gasteiger partial charge in [-0.1, -0.05) is 12.1 Å². The largest absolute Gasteiger partial charge is 0.354 e. The molecule has 20 heavy (non-hydrogen) atoms. The summed E-state index contributed by atoms with van der Waals surface area (Å²) in [5.41, 5.74) is 1.50. The number of amides is 1. The summed E-state index contributed by atoms with van der Waals surface area (Å²) in [6, 6.07) is 5.50. The van der Waals surface area contributed by atoms with E-state index in [1.54, 1.807) is 6.07 Å². The van der Waals surface area contributed by atoms with Gasteiger partial charge < -0.3 is 5.32 Å². The molecule has 0 aliphatic heterocycles. The monoisotopic (exact) mass is 271 g/mol. The van der Waals surface area contributed by atoms with E-state index in [0.717, 1.165) is 5.56 Å². The lowest BCUT2D eigenvalue weighted by atomic mass is 10.1. The third-order valence-electron chi connectivity index (χ3n) is 3.65. The zero-order valence-electron chi connectivity index (χ0n) is 11.4. The van der Waals surface area contributed by atoms with Crippen molar-refractivity contribution >= 4 is 16.8 Å². The molecule has 1 saturated carbocycles. The van der Waals surface area contributed by atoms with Crippen molar-refractivity contribution in [2.24, 2.45) is 5.92 Å². The second-order valence-corrected chi connectivity index (χ2v) is 5.40. The van der Waals surface area contributed by atoms with Gasteiger partial charge in [-0.2, -0.15) is 0 Å². The minimum atomic E-state index is -0.166. The van der Waals surface area contributed by atoms with Gasteiger partial charge in [-0.25, -0.2) is 4.98 Å². The second kappa shape index (κ2) is 5.07. The standard InChI is InChI=1S/C15H17N3O2/c1-10-3-2-4-12-14(10)17-9-18(15(12)20)8-13(19)16-7-11-5-6-11/h2-4,9,11H,5-8H2,1H3,(H,16,19). The summed E-state index contributed by atoms with van der Waals surface area (Å²) in [7, 11) is 0. The molecule has 104 valence electrons. The fraction of sp³-hybridized carbons (Fsp3) is 0.400. The molecule has 0 bridgehead atoms. The zero-order valence-corrected chi connectivity index (χ0v) is 11.4. The van der Waals surface area contributed by atoms with Crippen molar-refractivity contribution in [3.05, 3.63) is 40.4 Å². The van der Waals surface area contributed by atoms with Crippen LogP contribution in [0.1, 0.15) is 18.4 Å². The molecule has 1 aliphatic rings. The van der Waals surface area contributed by atoms with E-state index in [1.165, 1.54) is 23.7 Å². The highest BCUT2D eigenvalue weighted by Crippen LogP contribution is 2.27. The summed E-state index contributed by atoms with van der Waals surface area (Å²) < 4.78 is 1.37. The van der Waals surface area contributed by atoms with E-state index in [2.05, 4.69) is 10.3 Å². The molecular formula is C15H17N3O2. The van der Waals surface area contributed by atoms with Crippen molar-refractivity contribution in [2.45, 2.75) is 26.3 Å². The molecule has 5 nitrogen and oxygen atoms in total. The molecule has 3 rings (SSSR count). The smallest absolute Gasteiger partial charge is 0.261 e. The van der Waals surface area contributed by atoms with Crippen molar-refractivity contribution in [1.29, 1.82) is 0 Å². The molecular weight excluding hydrogens is 254 g/mol. The van der Waals surface area contributed by atoms with Gasteiger partial charge >= 0.3 is 0 Å². The number of hydrogen-bond donors (Lipinski definition) is 1. The van der Waals surface area contributed by atoms with Crippen LogP contribution in [0.15, 0.2) is 29.3 Å². The van der Waals surface area contributed by atoms with Gasteiger partial charge in [-0.3, -0.25) is 14.2 Å². The van der Waals surface area contributed by atoms with E-state index < -0.39 is 0 Å². The number of carbonyl (C=O) groups excluding carboxylic acids is 1. The third-order valence-corrected chi connectivity index (χ3v) is 3.65. The van der Waals surface area contributed by atoms with Crippen molar-refractivity contribution in [2.75, 3.05) is 6.54 Å². The van der Waals surface area contributed by atoms with Gasteiger partial charge in [-0.05, 0) is 37.3 Å². The second-order valence-electron chi connectivity index (χ2n) is 5.40. The Morgan fingerprint density at radius 2 is 2.25 bits per heavy atom. The van der Waals surface area contributed by atoms with E-state index in [1.807, 2.05) is 19.1 Å². The Morgan fingerprint density at radius 3 is 3.00 bits per heavy atom. The maximum Gasteiger partial charge on any atom is 0.261 e. The van der Waals surface area contributed by atoms with E-state index in [-0.39, 0.29) is 18.0 Å². The first-order valence-electron chi connectivity index (χ1n) is 6.86. The van der Waals surface area contributed by atoms with Crippen molar-refractivity contribution in [3.8, 4) is 0 Å². The first-order valence-corrected chi connectivity index (χ1v) is 6.86. The molecule has 0 radical (unpaired) electrons. The highest BCUT2D eigenvalue weighted by Gasteiger charge is 2.21. The molecule has 0 saturated heterocycles. The Bertz CT molecular complexity index is 717. The summed E-state index contributed by atoms with van der Waals surface area (Å²) in [6.45, 7) is 2.66. The molecule has 2 aromatic rings. The molecule has 1 aliphatic carbocycles. The first-order chi connectivity index (χ1) is 9.65. The summed E-state index contributed by atoms with van der Waals surface area (Å²) in [5, 5.41) is 3.41. The van der Waals surface area contributed by atoms with Crippen LogP contribution in [0.5, 0.6) is 0 Å². The molecule has 0 atom stereocenters. The van der Waals surface area contributed by atoms with Crippen LogP contribution in [0.4, 0.5) is 0 Å². The number of nitrogens with one attached hydrogen (secondary N) is 1. The molecule has 1 heterocycles. The molecule has 1 fully saturated rings. The summed E-state index contributed by atoms with van der Waals surface area (Å²) in [6.07, 6.45) is 3.84. The topological polar surface area (TPSA) is 64.0 Å². The van der Waals surface area contributed by atoms with Crippen molar-refractivity contribution in [3.63, 3.8) is 0 Å². The molecule has 1 amide bonds. The summed E-state index contributed by atoms with van der Waals surface area (Å²) in [5.74, 6) is 0.501. The van der Waals surface area contributed by atoms with E-state index in [9.17, 15) is 9.59 Å². The number of fused-ring (bicyclic) bond motifs is 1. The molecule has 1 N–H and O–H groups in total. The van der Waals surface area contributed by atoms with Crippen LogP contribution in [0.25, 0.3) is 10.9 Å². The van der Waals surface area contributed by atoms with Crippen molar-refractivity contribution in [1.82, 2.24) is 14.9 Å². The molecule has 1 aromatic carbocycles. The lowest BCUT2D eigenvalue weighted by Gasteiger charge is -2.08. The highest BCUT2D eigenvalue weighted by molar-refractivity contribution is 5.81. The van der Waals surface area contributed by atoms with Gasteiger partial charge in [0.15, 0.2) is 0 Å². The van der Waals surface area contributed by atoms with Gasteiger partial charge in [0.05, 0.1) is 17.2 Å². The lowest BCUT2D eigenvalue weighted by molar-refractivity contribution is -0.121. The molecule has 1 aromatic heterocycles. The van der Waals surface area contributed by atoms with Crippen LogP contribution in [0.2, 0.25) is 0 Å². The predicted molar refractivity (Wildman–Crippen MR) is 76.5 cm³/mol. The number of carbonyl (C=O) groups is 1. The predicted octanol–water partition coefficient (Wildman–Crippen LogP) is 1.23. The van der Waals surface area contributed by atoms with Crippen LogP contribution < -0.4 is 10.9 Å². The van der Waals surface area contributed by atoms with Gasteiger partial charge in [0.25, 0.3) is 5.56 Å². The van der Waals surface area contributed by atoms with Crippen LogP contribution in [0.3, 0.4) is 0 Å². The first kappa shape index (κ1) is 12.8. The highest BCUT2D eigenvalue weighted by atomic mass is 16.2. The summed E-state index contributed by atoms with van der Waals surface area (Å²) in [4.78, 5) is 28.4. The SMILES string of the molecule is Cc1cccc2c(=O)n(CC(=O)NCC3CC3)cnc12. The number of rotatable bonds is 4. The van der Waals surface area contributed by atoms with E-state index >= 15 is 0 Å². The van der Waals surface area contributed by atoms with Gasteiger partial charge in [0, 0.05) is 6.54 Å². The third kappa shape index (κ3) is 2.57. The maximum absolute atomic E-state index is 12.3. The Hall–Kier alpha value is -2.17. The number of benzene rings is 1. The van der Waals surface area contributed by atoms with Gasteiger partial charge in [0.1, 0.15) is 6.54 Å². The van der Waals surface area contributed by atoms with E-state index in [0.29, 0.717) is 23.4 Å². The summed E-state index contributed by atoms with van der Waals surface area (Å²) >= 11 is 0. The number of aromatic nitrogens is 2. The van der Waals surface area contributed by atoms with Crippen LogP contribution in [-0.2, 0) is 11.3 Å². The zero-order chi connectivity index (χ0) is 14.1. The lowest BCUT2D eigenvalue weighted by Crippen LogP contribution is -2.33. The average Bonchev–Trinajstić information content (AvgIpc) is 3.25. The minimum absolute atomic E-state index is 0.0302. The minimum Gasteiger partial charge on any atom is -0.354 e. The number of hydrogen-bond acceptors (Lipinski definition) is 3. The van der Waals surface area contributed by atoms with Crippen molar-refractivity contribution < 1.29 is 4.79 Å². The average molecular weight is 271 g/mol. The van der Waals surface area contributed by atoms with Crippen LogP contribution in [0, 0.1) is 12.8 Å². The normalized spacial score (nSPS) is 14.4. The Kier molecular flexibility index (Phi) is 3.26. The Balaban J connectivity index is 1.82. The van der Waals surface area contributed by atoms with E-state index in [4.69, 9.17) is 0 Å². The van der Waals surface area contributed by atoms with Crippen LogP contribution in [-0.4, -0.2) is 22.0 Å². The molecule has 5 heteroatoms. The Labute approximate surface area is 116 Å².